The van der Waals surface area contributed by atoms with Crippen molar-refractivity contribution < 1.29 is 4.74 Å². The number of hydrogen-bond acceptors (Lipinski definition) is 8. The fourth-order valence-corrected chi connectivity index (χ4v) is 2.56. The molecule has 0 radical (unpaired) electrons. The standard InChI is InChI=1S/C12H21N7O/c13-17-10-14-11(18-4-1-2-5-18)16-12(15-10)19-6-3-8-20-9-7-19/h1-9,13H2,(H,14,15,16,17). The Hall–Kier alpha value is -1.67. The Balaban J connectivity index is 1.86. The van der Waals surface area contributed by atoms with Gasteiger partial charge >= 0.3 is 0 Å². The third-order valence-electron chi connectivity index (χ3n) is 3.63. The van der Waals surface area contributed by atoms with E-state index in [-0.39, 0.29) is 0 Å². The van der Waals surface area contributed by atoms with E-state index in [1.165, 1.54) is 12.8 Å². The molecule has 0 saturated carbocycles. The van der Waals surface area contributed by atoms with E-state index >= 15 is 0 Å². The maximum absolute atomic E-state index is 5.48. The van der Waals surface area contributed by atoms with Gasteiger partial charge in [0.05, 0.1) is 6.61 Å². The Morgan fingerprint density at radius 3 is 2.20 bits per heavy atom. The molecule has 0 aliphatic carbocycles. The molecule has 1 aromatic rings. The maximum atomic E-state index is 5.48. The highest BCUT2D eigenvalue weighted by molar-refractivity contribution is 5.45. The summed E-state index contributed by atoms with van der Waals surface area (Å²) in [4.78, 5) is 17.7. The number of hydrazine groups is 1. The smallest absolute Gasteiger partial charge is 0.243 e. The number of nitrogens with two attached hydrogens (primary N) is 1. The van der Waals surface area contributed by atoms with Crippen molar-refractivity contribution in [2.45, 2.75) is 19.3 Å². The Labute approximate surface area is 118 Å². The van der Waals surface area contributed by atoms with Gasteiger partial charge in [0.2, 0.25) is 17.8 Å². The maximum Gasteiger partial charge on any atom is 0.243 e. The van der Waals surface area contributed by atoms with Crippen LogP contribution >= 0.6 is 0 Å². The van der Waals surface area contributed by atoms with Gasteiger partial charge in [0.25, 0.3) is 0 Å². The van der Waals surface area contributed by atoms with Crippen molar-refractivity contribution in [1.29, 1.82) is 0 Å². The lowest BCUT2D eigenvalue weighted by Gasteiger charge is -2.22. The molecule has 2 saturated heterocycles. The van der Waals surface area contributed by atoms with Gasteiger partial charge in [-0.05, 0) is 19.3 Å². The van der Waals surface area contributed by atoms with Crippen molar-refractivity contribution >= 4 is 17.8 Å². The summed E-state index contributed by atoms with van der Waals surface area (Å²) >= 11 is 0. The van der Waals surface area contributed by atoms with Crippen molar-refractivity contribution in [3.63, 3.8) is 0 Å². The lowest BCUT2D eigenvalue weighted by atomic mass is 10.4. The molecule has 1 aromatic heterocycles. The predicted molar refractivity (Wildman–Crippen MR) is 76.7 cm³/mol. The molecule has 2 aliphatic rings. The second-order valence-corrected chi connectivity index (χ2v) is 5.05. The van der Waals surface area contributed by atoms with Crippen LogP contribution in [0, 0.1) is 0 Å². The van der Waals surface area contributed by atoms with Gasteiger partial charge < -0.3 is 14.5 Å². The topological polar surface area (TPSA) is 92.4 Å². The fraction of sp³-hybridized carbons (Fsp3) is 0.750. The van der Waals surface area contributed by atoms with E-state index < -0.39 is 0 Å². The highest BCUT2D eigenvalue weighted by Gasteiger charge is 2.20. The van der Waals surface area contributed by atoms with E-state index in [0.29, 0.717) is 24.5 Å². The molecule has 0 amide bonds. The minimum absolute atomic E-state index is 0.419. The number of nitrogens with zero attached hydrogens (tertiary/aromatic N) is 5. The molecule has 0 bridgehead atoms. The molecule has 110 valence electrons. The predicted octanol–water partition coefficient (Wildman–Crippen LogP) is -0.0159. The minimum Gasteiger partial charge on any atom is -0.380 e. The molecule has 3 N–H and O–H groups in total. The number of aromatic nitrogens is 3. The van der Waals surface area contributed by atoms with Gasteiger partial charge in [-0.2, -0.15) is 15.0 Å². The number of nitrogen functional groups attached to an aromatic ring is 1. The van der Waals surface area contributed by atoms with Gasteiger partial charge in [-0.3, -0.25) is 5.43 Å². The summed E-state index contributed by atoms with van der Waals surface area (Å²) in [5, 5.41) is 0. The first-order valence-corrected chi connectivity index (χ1v) is 7.17. The Morgan fingerprint density at radius 1 is 0.850 bits per heavy atom. The largest absolute Gasteiger partial charge is 0.380 e. The number of ether oxygens (including phenoxy) is 1. The van der Waals surface area contributed by atoms with Gasteiger partial charge in [0, 0.05) is 32.8 Å². The average molecular weight is 279 g/mol. The van der Waals surface area contributed by atoms with Gasteiger partial charge in [-0.15, -0.1) is 0 Å². The second-order valence-electron chi connectivity index (χ2n) is 5.05. The Bertz CT molecular complexity index is 441. The third-order valence-corrected chi connectivity index (χ3v) is 3.63. The van der Waals surface area contributed by atoms with E-state index in [1.807, 2.05) is 0 Å². The van der Waals surface area contributed by atoms with Gasteiger partial charge in [-0.25, -0.2) is 5.84 Å². The van der Waals surface area contributed by atoms with Crippen LogP contribution in [0.4, 0.5) is 17.8 Å². The van der Waals surface area contributed by atoms with Crippen molar-refractivity contribution in [3.05, 3.63) is 0 Å². The normalized spacial score (nSPS) is 20.1. The van der Waals surface area contributed by atoms with E-state index in [1.54, 1.807) is 0 Å². The zero-order valence-electron chi connectivity index (χ0n) is 11.6. The lowest BCUT2D eigenvalue weighted by molar-refractivity contribution is 0.152. The van der Waals surface area contributed by atoms with Crippen LogP contribution in [0.25, 0.3) is 0 Å². The molecule has 20 heavy (non-hydrogen) atoms. The van der Waals surface area contributed by atoms with E-state index in [0.717, 1.165) is 39.2 Å². The van der Waals surface area contributed by atoms with Crippen LogP contribution < -0.4 is 21.1 Å². The fourth-order valence-electron chi connectivity index (χ4n) is 2.56. The second kappa shape index (κ2) is 6.19. The molecule has 0 aromatic carbocycles. The zero-order valence-corrected chi connectivity index (χ0v) is 11.6. The molecular formula is C12H21N7O. The van der Waals surface area contributed by atoms with E-state index in [9.17, 15) is 0 Å². The first-order chi connectivity index (χ1) is 9.86. The summed E-state index contributed by atoms with van der Waals surface area (Å²) in [6.07, 6.45) is 3.35. The molecule has 2 aliphatic heterocycles. The number of anilines is 3. The monoisotopic (exact) mass is 279 g/mol. The quantitative estimate of drug-likeness (QED) is 0.589. The first kappa shape index (κ1) is 13.3. The number of rotatable bonds is 3. The third kappa shape index (κ3) is 2.91. The van der Waals surface area contributed by atoms with Crippen LogP contribution in [-0.2, 0) is 4.74 Å². The van der Waals surface area contributed by atoms with Crippen LogP contribution in [0.1, 0.15) is 19.3 Å². The molecular weight excluding hydrogens is 258 g/mol. The SMILES string of the molecule is NNc1nc(N2CCCC2)nc(N2CCCOCC2)n1. The minimum atomic E-state index is 0.419. The number of hydrogen-bond donors (Lipinski definition) is 2. The van der Waals surface area contributed by atoms with Gasteiger partial charge in [0.1, 0.15) is 0 Å². The van der Waals surface area contributed by atoms with Crippen LogP contribution in [0.5, 0.6) is 0 Å². The molecule has 2 fully saturated rings. The summed E-state index contributed by atoms with van der Waals surface area (Å²) < 4.78 is 5.47. The van der Waals surface area contributed by atoms with Gasteiger partial charge in [0.15, 0.2) is 0 Å². The molecule has 0 unspecified atom stereocenters. The molecule has 0 atom stereocenters. The van der Waals surface area contributed by atoms with Crippen molar-refractivity contribution in [2.75, 3.05) is 54.6 Å². The summed E-state index contributed by atoms with van der Waals surface area (Å²) in [5.41, 5.74) is 2.54. The zero-order chi connectivity index (χ0) is 13.8. The first-order valence-electron chi connectivity index (χ1n) is 7.17. The Kier molecular flexibility index (Phi) is 4.12. The highest BCUT2D eigenvalue weighted by atomic mass is 16.5. The summed E-state index contributed by atoms with van der Waals surface area (Å²) in [7, 11) is 0. The van der Waals surface area contributed by atoms with E-state index in [4.69, 9.17) is 10.6 Å². The van der Waals surface area contributed by atoms with Crippen molar-refractivity contribution in [2.24, 2.45) is 5.84 Å². The molecule has 3 rings (SSSR count). The van der Waals surface area contributed by atoms with E-state index in [2.05, 4.69) is 30.2 Å². The van der Waals surface area contributed by atoms with Crippen molar-refractivity contribution in [1.82, 2.24) is 15.0 Å². The lowest BCUT2D eigenvalue weighted by Crippen LogP contribution is -2.30. The Morgan fingerprint density at radius 2 is 1.50 bits per heavy atom. The van der Waals surface area contributed by atoms with Gasteiger partial charge in [-0.1, -0.05) is 0 Å². The molecule has 0 spiro atoms. The van der Waals surface area contributed by atoms with Crippen LogP contribution in [0.15, 0.2) is 0 Å². The summed E-state index contributed by atoms with van der Waals surface area (Å²) in [6, 6.07) is 0. The average Bonchev–Trinajstić information content (AvgIpc) is 2.89. The summed E-state index contributed by atoms with van der Waals surface area (Å²) in [5.74, 6) is 7.30. The number of nitrogens with one attached hydrogen (secondary N) is 1. The van der Waals surface area contributed by atoms with Crippen LogP contribution in [-0.4, -0.2) is 54.3 Å². The van der Waals surface area contributed by atoms with Crippen LogP contribution in [0.3, 0.4) is 0 Å². The molecule has 3 heterocycles. The highest BCUT2D eigenvalue weighted by Crippen LogP contribution is 2.20. The summed E-state index contributed by atoms with van der Waals surface area (Å²) in [6.45, 7) is 5.19. The molecule has 8 nitrogen and oxygen atoms in total. The van der Waals surface area contributed by atoms with Crippen LogP contribution in [0.2, 0.25) is 0 Å². The van der Waals surface area contributed by atoms with Crippen molar-refractivity contribution in [3.8, 4) is 0 Å². The molecule has 8 heteroatoms.